The second-order valence-corrected chi connectivity index (χ2v) is 6.49. The lowest BCUT2D eigenvalue weighted by atomic mass is 10.1. The van der Waals surface area contributed by atoms with Crippen LogP contribution in [0.2, 0.25) is 0 Å². The van der Waals surface area contributed by atoms with Gasteiger partial charge in [-0.3, -0.25) is 9.69 Å². The first-order valence-electron chi connectivity index (χ1n) is 9.24. The van der Waals surface area contributed by atoms with Crippen molar-refractivity contribution in [2.24, 2.45) is 0 Å². The summed E-state index contributed by atoms with van der Waals surface area (Å²) in [6, 6.07) is 9.29. The number of benzene rings is 1. The summed E-state index contributed by atoms with van der Waals surface area (Å²) in [6.07, 6.45) is 2.34. The van der Waals surface area contributed by atoms with Gasteiger partial charge in [0.2, 0.25) is 11.8 Å². The Morgan fingerprint density at radius 1 is 1.19 bits per heavy atom. The highest BCUT2D eigenvalue weighted by molar-refractivity contribution is 5.94. The van der Waals surface area contributed by atoms with E-state index < -0.39 is 0 Å². The molecule has 144 valence electrons. The number of nitrogens with zero attached hydrogens (tertiary/aromatic N) is 3. The molecule has 0 bridgehead atoms. The Balaban J connectivity index is 1.67. The molecule has 27 heavy (non-hydrogen) atoms. The lowest BCUT2D eigenvalue weighted by molar-refractivity contribution is 0.0941. The Bertz CT molecular complexity index is 757. The zero-order valence-electron chi connectivity index (χ0n) is 16.1. The molecule has 3 rings (SSSR count). The quantitative estimate of drug-likeness (QED) is 0.806. The molecule has 1 fully saturated rings. The van der Waals surface area contributed by atoms with Gasteiger partial charge >= 0.3 is 0 Å². The van der Waals surface area contributed by atoms with Gasteiger partial charge in [-0.1, -0.05) is 19.1 Å². The molecular weight excluding hydrogens is 344 g/mol. The maximum absolute atomic E-state index is 12.4. The van der Waals surface area contributed by atoms with Crippen molar-refractivity contribution in [2.75, 3.05) is 33.9 Å². The standard InChI is InChI=1S/C20H26N4O3/c1-4-24-11-5-6-16(24)13-21-20(25)15-9-7-14(8-10-15)19-22-17(26-2)12-18(23-19)27-3/h7-10,12,16H,4-6,11,13H2,1-3H3,(H,21,25)/t16-/m0/s1. The van der Waals surface area contributed by atoms with Gasteiger partial charge in [-0.05, 0) is 38.1 Å². The van der Waals surface area contributed by atoms with Gasteiger partial charge in [0.25, 0.3) is 5.91 Å². The zero-order valence-corrected chi connectivity index (χ0v) is 16.1. The van der Waals surface area contributed by atoms with E-state index in [0.717, 1.165) is 25.1 Å². The fraction of sp³-hybridized carbons (Fsp3) is 0.450. The second-order valence-electron chi connectivity index (χ2n) is 6.49. The average molecular weight is 370 g/mol. The number of likely N-dealkylation sites (tertiary alicyclic amines) is 1. The average Bonchev–Trinajstić information content (AvgIpc) is 3.19. The minimum Gasteiger partial charge on any atom is -0.481 e. The van der Waals surface area contributed by atoms with Crippen molar-refractivity contribution in [1.29, 1.82) is 0 Å². The zero-order chi connectivity index (χ0) is 19.2. The molecule has 0 radical (unpaired) electrons. The van der Waals surface area contributed by atoms with E-state index in [-0.39, 0.29) is 5.91 Å². The van der Waals surface area contributed by atoms with Crippen LogP contribution in [-0.4, -0.2) is 60.7 Å². The van der Waals surface area contributed by atoms with E-state index >= 15 is 0 Å². The Kier molecular flexibility index (Phi) is 6.24. The summed E-state index contributed by atoms with van der Waals surface area (Å²) in [6.45, 7) is 4.99. The predicted octanol–water partition coefficient (Wildman–Crippen LogP) is 2.37. The highest BCUT2D eigenvalue weighted by Crippen LogP contribution is 2.23. The lowest BCUT2D eigenvalue weighted by Gasteiger charge is -2.22. The summed E-state index contributed by atoms with van der Waals surface area (Å²) in [5.74, 6) is 1.28. The Labute approximate surface area is 159 Å². The molecule has 0 spiro atoms. The molecule has 7 heteroatoms. The van der Waals surface area contributed by atoms with Crippen molar-refractivity contribution in [3.05, 3.63) is 35.9 Å². The van der Waals surface area contributed by atoms with Gasteiger partial charge in [0.05, 0.1) is 20.3 Å². The third-order valence-corrected chi connectivity index (χ3v) is 4.91. The molecule has 0 saturated carbocycles. The van der Waals surface area contributed by atoms with Crippen molar-refractivity contribution in [3.63, 3.8) is 0 Å². The van der Waals surface area contributed by atoms with Gasteiger partial charge in [-0.15, -0.1) is 0 Å². The van der Waals surface area contributed by atoms with Crippen LogP contribution in [0.15, 0.2) is 30.3 Å². The summed E-state index contributed by atoms with van der Waals surface area (Å²) < 4.78 is 10.4. The van der Waals surface area contributed by atoms with Gasteiger partial charge in [0, 0.05) is 23.7 Å². The molecule has 1 atom stereocenters. The number of aromatic nitrogens is 2. The minimum atomic E-state index is -0.0614. The van der Waals surface area contributed by atoms with E-state index in [1.54, 1.807) is 32.4 Å². The van der Waals surface area contributed by atoms with E-state index in [0.29, 0.717) is 35.7 Å². The van der Waals surface area contributed by atoms with Crippen LogP contribution >= 0.6 is 0 Å². The molecule has 1 aromatic carbocycles. The number of ether oxygens (including phenoxy) is 2. The van der Waals surface area contributed by atoms with Gasteiger partial charge in [0.1, 0.15) is 0 Å². The summed E-state index contributed by atoms with van der Waals surface area (Å²) in [5.41, 5.74) is 1.41. The van der Waals surface area contributed by atoms with Crippen LogP contribution in [-0.2, 0) is 0 Å². The number of nitrogens with one attached hydrogen (secondary N) is 1. The van der Waals surface area contributed by atoms with Crippen LogP contribution in [0, 0.1) is 0 Å². The van der Waals surface area contributed by atoms with E-state index in [1.165, 1.54) is 6.42 Å². The van der Waals surface area contributed by atoms with Crippen LogP contribution in [0.3, 0.4) is 0 Å². The Morgan fingerprint density at radius 3 is 2.44 bits per heavy atom. The molecule has 1 saturated heterocycles. The van der Waals surface area contributed by atoms with E-state index in [4.69, 9.17) is 9.47 Å². The number of hydrogen-bond acceptors (Lipinski definition) is 6. The monoisotopic (exact) mass is 370 g/mol. The van der Waals surface area contributed by atoms with E-state index in [1.807, 2.05) is 12.1 Å². The third kappa shape index (κ3) is 4.54. The van der Waals surface area contributed by atoms with Crippen LogP contribution < -0.4 is 14.8 Å². The molecule has 0 unspecified atom stereocenters. The van der Waals surface area contributed by atoms with Crippen molar-refractivity contribution in [2.45, 2.75) is 25.8 Å². The minimum absolute atomic E-state index is 0.0614. The number of hydrogen-bond donors (Lipinski definition) is 1. The third-order valence-electron chi connectivity index (χ3n) is 4.91. The van der Waals surface area contributed by atoms with Crippen LogP contribution in [0.4, 0.5) is 0 Å². The lowest BCUT2D eigenvalue weighted by Crippen LogP contribution is -2.40. The fourth-order valence-electron chi connectivity index (χ4n) is 3.37. The number of carbonyl (C=O) groups excluding carboxylic acids is 1. The molecule has 2 aromatic rings. The van der Waals surface area contributed by atoms with Crippen molar-refractivity contribution in [1.82, 2.24) is 20.2 Å². The second kappa shape index (κ2) is 8.81. The van der Waals surface area contributed by atoms with E-state index in [9.17, 15) is 4.79 Å². The van der Waals surface area contributed by atoms with Crippen molar-refractivity contribution < 1.29 is 14.3 Å². The molecule has 7 nitrogen and oxygen atoms in total. The van der Waals surface area contributed by atoms with Crippen molar-refractivity contribution >= 4 is 5.91 Å². The number of rotatable bonds is 7. The Morgan fingerprint density at radius 2 is 1.85 bits per heavy atom. The largest absolute Gasteiger partial charge is 0.481 e. The predicted molar refractivity (Wildman–Crippen MR) is 103 cm³/mol. The Hall–Kier alpha value is -2.67. The highest BCUT2D eigenvalue weighted by atomic mass is 16.5. The van der Waals surface area contributed by atoms with Gasteiger partial charge in [-0.25, -0.2) is 0 Å². The number of carbonyl (C=O) groups is 1. The normalized spacial score (nSPS) is 16.9. The van der Waals surface area contributed by atoms with Crippen LogP contribution in [0.25, 0.3) is 11.4 Å². The fourth-order valence-corrected chi connectivity index (χ4v) is 3.37. The molecule has 2 heterocycles. The maximum atomic E-state index is 12.4. The molecular formula is C20H26N4O3. The smallest absolute Gasteiger partial charge is 0.251 e. The SMILES string of the molecule is CCN1CCC[C@H]1CNC(=O)c1ccc(-c2nc(OC)cc(OC)n2)cc1. The van der Waals surface area contributed by atoms with E-state index in [2.05, 4.69) is 27.1 Å². The first-order chi connectivity index (χ1) is 13.1. The summed E-state index contributed by atoms with van der Waals surface area (Å²) in [5, 5.41) is 3.05. The van der Waals surface area contributed by atoms with Crippen LogP contribution in [0.1, 0.15) is 30.1 Å². The molecule has 1 aliphatic heterocycles. The van der Waals surface area contributed by atoms with Gasteiger partial charge in [0.15, 0.2) is 5.82 Å². The molecule has 1 aromatic heterocycles. The molecule has 1 amide bonds. The summed E-state index contributed by atoms with van der Waals surface area (Å²) in [7, 11) is 3.09. The van der Waals surface area contributed by atoms with Gasteiger partial charge in [-0.2, -0.15) is 9.97 Å². The maximum Gasteiger partial charge on any atom is 0.251 e. The van der Waals surface area contributed by atoms with Gasteiger partial charge < -0.3 is 14.8 Å². The number of amides is 1. The van der Waals surface area contributed by atoms with Crippen LogP contribution in [0.5, 0.6) is 11.8 Å². The first kappa shape index (κ1) is 19.1. The highest BCUT2D eigenvalue weighted by Gasteiger charge is 2.23. The number of likely N-dealkylation sites (N-methyl/N-ethyl adjacent to an activating group) is 1. The summed E-state index contributed by atoms with van der Waals surface area (Å²) in [4.78, 5) is 23.5. The molecule has 0 aliphatic carbocycles. The first-order valence-corrected chi connectivity index (χ1v) is 9.24. The van der Waals surface area contributed by atoms with Crippen molar-refractivity contribution in [3.8, 4) is 23.1 Å². The topological polar surface area (TPSA) is 76.6 Å². The summed E-state index contributed by atoms with van der Waals surface area (Å²) >= 11 is 0. The molecule has 1 aliphatic rings. The molecule has 1 N–H and O–H groups in total. The number of methoxy groups -OCH3 is 2.